The third-order valence-electron chi connectivity index (χ3n) is 5.24. The Morgan fingerprint density at radius 3 is 2.67 bits per heavy atom. The van der Waals surface area contributed by atoms with Gasteiger partial charge in [-0.15, -0.1) is 0 Å². The first-order valence-corrected chi connectivity index (χ1v) is 8.97. The molecule has 0 amide bonds. The number of hydrogen-bond donors (Lipinski definition) is 1. The van der Waals surface area contributed by atoms with Gasteiger partial charge in [0.05, 0.1) is 6.54 Å². The number of nitrogens with two attached hydrogens (primary N) is 1. The molecule has 0 saturated carbocycles. The van der Waals surface area contributed by atoms with Gasteiger partial charge in [-0.25, -0.2) is 0 Å². The van der Waals surface area contributed by atoms with E-state index in [2.05, 4.69) is 14.8 Å². The molecule has 2 N–H and O–H groups in total. The number of rotatable bonds is 4. The highest BCUT2D eigenvalue weighted by Crippen LogP contribution is 2.31. The molecule has 1 unspecified atom stereocenters. The summed E-state index contributed by atoms with van der Waals surface area (Å²) in [6.45, 7) is 5.80. The summed E-state index contributed by atoms with van der Waals surface area (Å²) in [5.41, 5.74) is 5.97. The zero-order valence-corrected chi connectivity index (χ0v) is 14.1. The van der Waals surface area contributed by atoms with Crippen molar-refractivity contribution in [3.8, 4) is 11.5 Å². The first kappa shape index (κ1) is 15.6. The van der Waals surface area contributed by atoms with E-state index >= 15 is 0 Å². The molecule has 0 radical (unpaired) electrons. The van der Waals surface area contributed by atoms with Crippen molar-refractivity contribution in [3.05, 3.63) is 24.3 Å². The van der Waals surface area contributed by atoms with Crippen molar-refractivity contribution in [2.45, 2.75) is 31.4 Å². The molecule has 6 heteroatoms. The van der Waals surface area contributed by atoms with Crippen LogP contribution >= 0.6 is 0 Å². The second-order valence-corrected chi connectivity index (χ2v) is 6.79. The molecule has 3 heterocycles. The number of benzene rings is 1. The molecule has 3 aliphatic rings. The summed E-state index contributed by atoms with van der Waals surface area (Å²) in [7, 11) is 0. The molecule has 24 heavy (non-hydrogen) atoms. The Labute approximate surface area is 143 Å². The average molecular weight is 330 g/mol. The summed E-state index contributed by atoms with van der Waals surface area (Å²) in [4.78, 5) is 9.12. The fraction of sp³-hybridized carbons (Fsp3) is 0.611. The Bertz CT molecular complexity index is 598. The smallest absolute Gasteiger partial charge is 0.191 e. The Morgan fingerprint density at radius 2 is 1.92 bits per heavy atom. The molecule has 0 bridgehead atoms. The van der Waals surface area contributed by atoms with Gasteiger partial charge in [-0.1, -0.05) is 12.1 Å². The van der Waals surface area contributed by atoms with Crippen LogP contribution in [0, 0.1) is 0 Å². The van der Waals surface area contributed by atoms with Crippen molar-refractivity contribution >= 4 is 5.96 Å². The van der Waals surface area contributed by atoms with Gasteiger partial charge in [-0.2, -0.15) is 0 Å². The van der Waals surface area contributed by atoms with Gasteiger partial charge in [0.1, 0.15) is 12.7 Å². The first-order chi connectivity index (χ1) is 11.8. The van der Waals surface area contributed by atoms with E-state index in [1.54, 1.807) is 0 Å². The Morgan fingerprint density at radius 1 is 1.12 bits per heavy atom. The number of piperidine rings is 1. The monoisotopic (exact) mass is 330 g/mol. The molecule has 1 atom stereocenters. The minimum absolute atomic E-state index is 0.152. The van der Waals surface area contributed by atoms with Crippen LogP contribution in [0.2, 0.25) is 0 Å². The van der Waals surface area contributed by atoms with Crippen LogP contribution in [0.1, 0.15) is 19.3 Å². The van der Waals surface area contributed by atoms with Crippen LogP contribution in [0.4, 0.5) is 0 Å². The van der Waals surface area contributed by atoms with Crippen LogP contribution in [0.25, 0.3) is 0 Å². The molecule has 1 aromatic carbocycles. The number of ether oxygens (including phenoxy) is 2. The lowest BCUT2D eigenvalue weighted by molar-refractivity contribution is 0.0687. The zero-order valence-electron chi connectivity index (χ0n) is 14.1. The fourth-order valence-electron chi connectivity index (χ4n) is 3.83. The van der Waals surface area contributed by atoms with Crippen molar-refractivity contribution in [1.29, 1.82) is 0 Å². The van der Waals surface area contributed by atoms with Crippen LogP contribution in [0.5, 0.6) is 11.5 Å². The molecular weight excluding hydrogens is 304 g/mol. The lowest BCUT2D eigenvalue weighted by atomic mass is 10.0. The molecule has 6 nitrogen and oxygen atoms in total. The topological polar surface area (TPSA) is 63.3 Å². The largest absolute Gasteiger partial charge is 0.486 e. The third kappa shape index (κ3) is 3.29. The zero-order chi connectivity index (χ0) is 16.4. The summed E-state index contributed by atoms with van der Waals surface area (Å²) in [5, 5.41) is 0. The Hall–Kier alpha value is -1.95. The second kappa shape index (κ2) is 6.89. The van der Waals surface area contributed by atoms with Crippen LogP contribution < -0.4 is 15.2 Å². The second-order valence-electron chi connectivity index (χ2n) is 6.79. The van der Waals surface area contributed by atoms with E-state index in [4.69, 9.17) is 15.2 Å². The van der Waals surface area contributed by atoms with Crippen LogP contribution in [-0.2, 0) is 0 Å². The Kier molecular flexibility index (Phi) is 4.47. The highest BCUT2D eigenvalue weighted by Gasteiger charge is 2.28. The molecule has 4 rings (SSSR count). The molecule has 0 spiro atoms. The number of para-hydroxylation sites is 2. The number of fused-ring (bicyclic) bond motifs is 1. The summed E-state index contributed by atoms with van der Waals surface area (Å²) >= 11 is 0. The lowest BCUT2D eigenvalue weighted by Gasteiger charge is -2.37. The molecule has 1 aromatic rings. The lowest BCUT2D eigenvalue weighted by Crippen LogP contribution is -2.48. The molecule has 130 valence electrons. The van der Waals surface area contributed by atoms with Crippen molar-refractivity contribution < 1.29 is 9.47 Å². The molecule has 0 aliphatic carbocycles. The average Bonchev–Trinajstić information content (AvgIpc) is 3.06. The predicted molar refractivity (Wildman–Crippen MR) is 93.6 cm³/mol. The summed E-state index contributed by atoms with van der Waals surface area (Å²) in [6.07, 6.45) is 3.49. The van der Waals surface area contributed by atoms with E-state index < -0.39 is 0 Å². The van der Waals surface area contributed by atoms with Gasteiger partial charge in [-0.05, 0) is 25.0 Å². The van der Waals surface area contributed by atoms with Gasteiger partial charge in [0.15, 0.2) is 17.5 Å². The number of aliphatic imine (C=N–C) groups is 1. The number of likely N-dealkylation sites (tertiary alicyclic amines) is 1. The van der Waals surface area contributed by atoms with Gasteiger partial charge in [0.2, 0.25) is 0 Å². The van der Waals surface area contributed by atoms with E-state index in [9.17, 15) is 0 Å². The number of hydrogen-bond acceptors (Lipinski definition) is 6. The van der Waals surface area contributed by atoms with E-state index in [0.29, 0.717) is 12.6 Å². The minimum atomic E-state index is 0.152. The van der Waals surface area contributed by atoms with Gasteiger partial charge < -0.3 is 25.0 Å². The molecule has 0 aromatic heterocycles. The quantitative estimate of drug-likeness (QED) is 0.902. The van der Waals surface area contributed by atoms with Crippen LogP contribution in [0.3, 0.4) is 0 Å². The number of nitrogens with zero attached hydrogens (tertiary/aromatic N) is 3. The fourth-order valence-corrected chi connectivity index (χ4v) is 3.83. The standard InChI is InChI=1S/C18H26N4O2/c19-18-20-8-12-22(18)14-5-9-21(10-6-14)11-7-15-13-23-16-3-1-2-4-17(16)24-15/h1-4,14-15H,5-13H2,(H2,19,20). The van der Waals surface area contributed by atoms with Gasteiger partial charge in [0.25, 0.3) is 0 Å². The van der Waals surface area contributed by atoms with Crippen molar-refractivity contribution in [3.63, 3.8) is 0 Å². The van der Waals surface area contributed by atoms with E-state index in [-0.39, 0.29) is 6.10 Å². The van der Waals surface area contributed by atoms with Crippen molar-refractivity contribution in [2.24, 2.45) is 10.7 Å². The summed E-state index contributed by atoms with van der Waals surface area (Å²) in [5.74, 6) is 2.47. The maximum Gasteiger partial charge on any atom is 0.191 e. The minimum Gasteiger partial charge on any atom is -0.486 e. The van der Waals surface area contributed by atoms with Crippen LogP contribution in [-0.4, -0.2) is 67.2 Å². The maximum atomic E-state index is 6.05. The van der Waals surface area contributed by atoms with Crippen LogP contribution in [0.15, 0.2) is 29.3 Å². The Balaban J connectivity index is 1.22. The molecule has 1 saturated heterocycles. The number of guanidine groups is 1. The van der Waals surface area contributed by atoms with E-state index in [1.807, 2.05) is 24.3 Å². The van der Waals surface area contributed by atoms with Gasteiger partial charge >= 0.3 is 0 Å². The third-order valence-corrected chi connectivity index (χ3v) is 5.24. The van der Waals surface area contributed by atoms with E-state index in [0.717, 1.165) is 56.6 Å². The SMILES string of the molecule is NC1=NCCN1C1CCN(CCC2COc3ccccc3O2)CC1. The van der Waals surface area contributed by atoms with Crippen molar-refractivity contribution in [1.82, 2.24) is 9.80 Å². The van der Waals surface area contributed by atoms with Crippen molar-refractivity contribution in [2.75, 3.05) is 39.3 Å². The molecular formula is C18H26N4O2. The molecule has 1 fully saturated rings. The van der Waals surface area contributed by atoms with E-state index in [1.165, 1.54) is 12.8 Å². The normalized spacial score (nSPS) is 24.9. The van der Waals surface area contributed by atoms with Gasteiger partial charge in [0, 0.05) is 38.6 Å². The van der Waals surface area contributed by atoms with Gasteiger partial charge in [-0.3, -0.25) is 4.99 Å². The summed E-state index contributed by atoms with van der Waals surface area (Å²) < 4.78 is 11.8. The highest BCUT2D eigenvalue weighted by molar-refractivity contribution is 5.79. The first-order valence-electron chi connectivity index (χ1n) is 8.97. The maximum absolute atomic E-state index is 6.05. The summed E-state index contributed by atoms with van der Waals surface area (Å²) in [6, 6.07) is 8.47. The molecule has 3 aliphatic heterocycles. The predicted octanol–water partition coefficient (Wildman–Crippen LogP) is 1.31. The highest BCUT2D eigenvalue weighted by atomic mass is 16.6.